The van der Waals surface area contributed by atoms with E-state index in [1.165, 1.54) is 17.8 Å². The monoisotopic (exact) mass is 932 g/mol. The molecule has 2 bridgehead atoms. The molecule has 3 aromatic rings. The summed E-state index contributed by atoms with van der Waals surface area (Å²) in [5.74, 6) is -6.36. The number of phosphoric ester groups is 2. The molecule has 26 nitrogen and oxygen atoms in total. The fourth-order valence-electron chi connectivity index (χ4n) is 6.39. The topological polar surface area (TPSA) is 335 Å². The Kier molecular flexibility index (Phi) is 12.1. The van der Waals surface area contributed by atoms with E-state index in [0.29, 0.717) is 0 Å². The van der Waals surface area contributed by atoms with Crippen molar-refractivity contribution >= 4 is 56.4 Å². The Labute approximate surface area is 356 Å². The van der Waals surface area contributed by atoms with Gasteiger partial charge in [0.25, 0.3) is 11.5 Å². The van der Waals surface area contributed by atoms with Gasteiger partial charge in [0.15, 0.2) is 40.4 Å². The molecule has 0 aliphatic carbocycles. The molecule has 29 heteroatoms. The maximum atomic E-state index is 16.9. The van der Waals surface area contributed by atoms with E-state index >= 15 is 4.39 Å². The number of alkyl halides is 1. The van der Waals surface area contributed by atoms with Crippen molar-refractivity contribution in [1.82, 2.24) is 34.4 Å². The Morgan fingerprint density at radius 3 is 2.25 bits per heavy atom. The Balaban J connectivity index is 1.29. The lowest BCUT2D eigenvalue weighted by molar-refractivity contribution is -0.161. The van der Waals surface area contributed by atoms with Crippen LogP contribution in [0.4, 0.5) is 16.2 Å². The summed E-state index contributed by atoms with van der Waals surface area (Å²) in [7, 11) is -10.2. The van der Waals surface area contributed by atoms with E-state index in [4.69, 9.17) is 57.6 Å². The summed E-state index contributed by atoms with van der Waals surface area (Å²) in [6.07, 6.45) is -5.99. The van der Waals surface area contributed by atoms with Crippen molar-refractivity contribution < 1.29 is 74.0 Å². The van der Waals surface area contributed by atoms with Crippen LogP contribution in [-0.4, -0.2) is 97.9 Å². The largest absolute Gasteiger partial charge is 0.533 e. The Morgan fingerprint density at radius 1 is 0.968 bits per heavy atom. The molecule has 3 aromatic heterocycles. The van der Waals surface area contributed by atoms with Crippen LogP contribution >= 0.6 is 15.6 Å². The number of ether oxygens (including phenoxy) is 4. The normalized spacial score (nSPS) is 31.3. The van der Waals surface area contributed by atoms with Crippen LogP contribution < -0.4 is 27.7 Å². The molecule has 0 aromatic carbocycles. The average molecular weight is 933 g/mol. The van der Waals surface area contributed by atoms with Crippen LogP contribution in [0.15, 0.2) is 29.0 Å². The summed E-state index contributed by atoms with van der Waals surface area (Å²) in [4.78, 5) is 65.3. The number of H-pyrrole nitrogens is 1. The van der Waals surface area contributed by atoms with E-state index < -0.39 is 131 Å². The number of hydrogen-bond donors (Lipinski definition) is 5. The number of anilines is 2. The van der Waals surface area contributed by atoms with Gasteiger partial charge in [0.1, 0.15) is 24.9 Å². The smallest absolute Gasteiger partial charge is 0.465 e. The van der Waals surface area contributed by atoms with Gasteiger partial charge >= 0.3 is 27.6 Å². The number of nitrogens with two attached hydrogens (primary N) is 2. The van der Waals surface area contributed by atoms with Crippen LogP contribution in [0, 0.1) is 16.7 Å². The first-order chi connectivity index (χ1) is 29.3. The fraction of sp³-hybridized carbons (Fsp3) is 0.618. The van der Waals surface area contributed by atoms with E-state index in [-0.39, 0.29) is 28.6 Å². The lowest BCUT2D eigenvalue weighted by Gasteiger charge is -2.34. The zero-order valence-corrected chi connectivity index (χ0v) is 36.9. The third-order valence-electron chi connectivity index (χ3n) is 9.74. The first kappa shape index (κ1) is 46.0. The SMILES string of the molecule is CC1C2COP(=O)(OCOC(=O)C(C)(C)C)OC3=C(COP(=O)(OCOC(=O)C(C)(C)C)OC1[C@H](n1cnc4c1NC(C)(N)NC4=O)O2)OC(n1cnc2c(=O)[nH]c(N)nc21)C3F. The van der Waals surface area contributed by atoms with Gasteiger partial charge in [-0.2, -0.15) is 4.98 Å². The predicted octanol–water partition coefficient (Wildman–Crippen LogP) is 2.79. The molecule has 1 amide bonds. The number of amides is 1. The van der Waals surface area contributed by atoms with Crippen LogP contribution in [0.3, 0.4) is 0 Å². The average Bonchev–Trinajstić information content (AvgIpc) is 3.93. The number of rotatable bonds is 8. The van der Waals surface area contributed by atoms with Gasteiger partial charge in [0.05, 0.1) is 29.9 Å². The number of esters is 2. The summed E-state index contributed by atoms with van der Waals surface area (Å²) >= 11 is 0. The second-order valence-corrected chi connectivity index (χ2v) is 20.2. The van der Waals surface area contributed by atoms with Crippen LogP contribution in [0.2, 0.25) is 0 Å². The molecule has 9 atom stereocenters. The zero-order valence-electron chi connectivity index (χ0n) is 35.1. The first-order valence-corrected chi connectivity index (χ1v) is 22.1. The Bertz CT molecular complexity index is 2500. The highest BCUT2D eigenvalue weighted by Gasteiger charge is 2.53. The van der Waals surface area contributed by atoms with Crippen LogP contribution in [0.5, 0.6) is 0 Å². The molecule has 346 valence electrons. The van der Waals surface area contributed by atoms with Gasteiger partial charge < -0.3 is 39.8 Å². The number of nitrogens with one attached hydrogen (secondary N) is 3. The molecule has 0 spiro atoms. The quantitative estimate of drug-likeness (QED) is 0.123. The molecular formula is C34H47FN10O16P2. The van der Waals surface area contributed by atoms with E-state index in [1.807, 2.05) is 0 Å². The van der Waals surface area contributed by atoms with Gasteiger partial charge in [-0.3, -0.25) is 52.6 Å². The fourth-order valence-corrected chi connectivity index (χ4v) is 8.78. The molecule has 0 radical (unpaired) electrons. The second-order valence-electron chi connectivity index (χ2n) is 17.0. The van der Waals surface area contributed by atoms with Crippen molar-refractivity contribution in [1.29, 1.82) is 0 Å². The van der Waals surface area contributed by atoms with Crippen molar-refractivity contribution in [3.63, 3.8) is 0 Å². The number of halogens is 1. The van der Waals surface area contributed by atoms with Crippen molar-refractivity contribution in [2.24, 2.45) is 22.5 Å². The van der Waals surface area contributed by atoms with Crippen molar-refractivity contribution in [3.8, 4) is 0 Å². The Morgan fingerprint density at radius 2 is 1.60 bits per heavy atom. The molecular weight excluding hydrogens is 885 g/mol. The zero-order chi connectivity index (χ0) is 46.0. The van der Waals surface area contributed by atoms with Crippen molar-refractivity contribution in [2.45, 2.75) is 92.0 Å². The van der Waals surface area contributed by atoms with Gasteiger partial charge in [0, 0.05) is 5.92 Å². The molecule has 7 heterocycles. The summed E-state index contributed by atoms with van der Waals surface area (Å²) < 4.78 is 106. The molecule has 8 unspecified atom stereocenters. The minimum Gasteiger partial charge on any atom is -0.465 e. The van der Waals surface area contributed by atoms with Crippen LogP contribution in [0.1, 0.15) is 78.3 Å². The minimum absolute atomic E-state index is 0.0606. The van der Waals surface area contributed by atoms with Gasteiger partial charge in [0.2, 0.25) is 31.9 Å². The predicted molar refractivity (Wildman–Crippen MR) is 210 cm³/mol. The number of fused-ring (bicyclic) bond motifs is 4. The highest BCUT2D eigenvalue weighted by molar-refractivity contribution is 7.48. The third kappa shape index (κ3) is 9.47. The standard InChI is InChI=1S/C34H47FN10O16P2/c1-15-16-9-54-63(51,57-14-53-30(49)33(5,6)7)61-22-17(59-27(18(22)35)44-11-38-19-23(44)40-31(36)41-25(19)46)10-55-62(50,56-13-52-29(48)32(2,3)4)60-21(15)28(58-16)45-12-39-20-24(45)42-34(8,37)43-26(20)47/h11-12,15-16,18,21,27-28,42H,9-10,13-14,37H2,1-8H3,(H,43,47)(H3,36,40,41,46)/t15?,16?,18?,21?,27?,28-,34?,62?,63?/m1/s1. The summed E-state index contributed by atoms with van der Waals surface area (Å²) in [6.45, 7) is 8.69. The third-order valence-corrected chi connectivity index (χ3v) is 12.4. The number of nitrogen functional groups attached to an aromatic ring is 1. The number of phosphoric acid groups is 2. The highest BCUT2D eigenvalue weighted by atomic mass is 31.2. The number of aromatic amines is 1. The number of carbonyl (C=O) groups excluding carboxylic acids is 3. The maximum Gasteiger partial charge on any atom is 0.533 e. The molecule has 0 saturated carbocycles. The van der Waals surface area contributed by atoms with E-state index in [0.717, 1.165) is 10.9 Å². The number of carbonyl (C=O) groups is 3. The number of nitrogens with zero attached hydrogens (tertiary/aromatic N) is 5. The molecule has 1 saturated heterocycles. The van der Waals surface area contributed by atoms with E-state index in [1.54, 1.807) is 48.5 Å². The second kappa shape index (κ2) is 16.5. The van der Waals surface area contributed by atoms with Crippen LogP contribution in [-0.2, 0) is 64.8 Å². The number of imidazole rings is 2. The molecule has 4 aliphatic rings. The summed E-state index contributed by atoms with van der Waals surface area (Å²) in [5, 5.41) is 5.48. The minimum atomic E-state index is -5.13. The molecule has 63 heavy (non-hydrogen) atoms. The van der Waals surface area contributed by atoms with E-state index in [9.17, 15) is 28.3 Å². The van der Waals surface area contributed by atoms with E-state index in [2.05, 4.69) is 30.6 Å². The van der Waals surface area contributed by atoms with Crippen molar-refractivity contribution in [2.75, 3.05) is 37.9 Å². The molecule has 7 N–H and O–H groups in total. The van der Waals surface area contributed by atoms with Gasteiger partial charge in [-0.05, 0) is 48.5 Å². The van der Waals surface area contributed by atoms with Gasteiger partial charge in [-0.15, -0.1) is 0 Å². The Hall–Kier alpha value is -4.98. The summed E-state index contributed by atoms with van der Waals surface area (Å²) in [6, 6.07) is 0. The maximum absolute atomic E-state index is 16.9. The molecule has 1 fully saturated rings. The van der Waals surface area contributed by atoms with Gasteiger partial charge in [-0.25, -0.2) is 32.5 Å². The lowest BCUT2D eigenvalue weighted by Crippen LogP contribution is -2.62. The van der Waals surface area contributed by atoms with Crippen molar-refractivity contribution in [3.05, 3.63) is 40.2 Å². The van der Waals surface area contributed by atoms with Gasteiger partial charge in [-0.1, -0.05) is 6.92 Å². The summed E-state index contributed by atoms with van der Waals surface area (Å²) in [5.41, 5.74) is 8.59. The molecule has 4 aliphatic heterocycles. The van der Waals surface area contributed by atoms with Crippen LogP contribution in [0.25, 0.3) is 11.2 Å². The number of aromatic nitrogens is 6. The first-order valence-electron chi connectivity index (χ1n) is 19.2. The molecule has 7 rings (SSSR count). The highest BCUT2D eigenvalue weighted by Crippen LogP contribution is 2.59. The number of hydrogen-bond acceptors (Lipinski definition) is 22. The lowest BCUT2D eigenvalue weighted by atomic mass is 9.98.